The lowest BCUT2D eigenvalue weighted by atomic mass is 10.1. The summed E-state index contributed by atoms with van der Waals surface area (Å²) in [5.41, 5.74) is 0.279. The maximum Gasteiger partial charge on any atom is 0.253 e. The summed E-state index contributed by atoms with van der Waals surface area (Å²) in [4.78, 5) is 25.1. The van der Waals surface area contributed by atoms with Gasteiger partial charge in [0.05, 0.1) is 5.56 Å². The second kappa shape index (κ2) is 6.03. The van der Waals surface area contributed by atoms with Crippen LogP contribution in [0.15, 0.2) is 23.1 Å². The van der Waals surface area contributed by atoms with E-state index in [9.17, 15) is 9.59 Å². The minimum absolute atomic E-state index is 0.147. The lowest BCUT2D eigenvalue weighted by Gasteiger charge is -2.19. The SMILES string of the molecule is CC(C)C(CI)NC(=O)c1ccc(=O)[nH]c1. The maximum absolute atomic E-state index is 11.8. The van der Waals surface area contributed by atoms with Crippen LogP contribution in [-0.4, -0.2) is 21.4 Å². The van der Waals surface area contributed by atoms with Crippen LogP contribution >= 0.6 is 22.6 Å². The third-order valence-corrected chi connectivity index (χ3v) is 3.28. The number of amides is 1. The highest BCUT2D eigenvalue weighted by Crippen LogP contribution is 2.06. The fourth-order valence-electron chi connectivity index (χ4n) is 1.19. The van der Waals surface area contributed by atoms with E-state index in [1.54, 1.807) is 0 Å². The molecule has 0 saturated carbocycles. The molecule has 1 amide bonds. The second-order valence-corrected chi connectivity index (χ2v) is 4.80. The maximum atomic E-state index is 11.8. The molecule has 0 aromatic carbocycles. The molecule has 0 aliphatic heterocycles. The summed E-state index contributed by atoms with van der Waals surface area (Å²) in [6, 6.07) is 3.03. The number of H-pyrrole nitrogens is 1. The van der Waals surface area contributed by atoms with E-state index in [-0.39, 0.29) is 17.5 Å². The number of pyridine rings is 1. The Morgan fingerprint density at radius 1 is 1.50 bits per heavy atom. The Balaban J connectivity index is 2.71. The number of carbonyl (C=O) groups excluding carboxylic acids is 1. The molecule has 0 spiro atoms. The molecule has 1 rings (SSSR count). The summed E-state index contributed by atoms with van der Waals surface area (Å²) in [6.45, 7) is 4.13. The summed E-state index contributed by atoms with van der Waals surface area (Å²) in [5.74, 6) is 0.246. The molecular weight excluding hydrogens is 319 g/mol. The van der Waals surface area contributed by atoms with Crippen LogP contribution in [0.4, 0.5) is 0 Å². The Bertz CT molecular complexity index is 394. The van der Waals surface area contributed by atoms with Gasteiger partial charge in [-0.05, 0) is 12.0 Å². The number of aromatic amines is 1. The summed E-state index contributed by atoms with van der Waals surface area (Å²) in [7, 11) is 0. The molecule has 2 N–H and O–H groups in total. The van der Waals surface area contributed by atoms with Gasteiger partial charge in [0.1, 0.15) is 0 Å². The van der Waals surface area contributed by atoms with Gasteiger partial charge < -0.3 is 10.3 Å². The molecule has 16 heavy (non-hydrogen) atoms. The van der Waals surface area contributed by atoms with Gasteiger partial charge in [0.2, 0.25) is 5.56 Å². The van der Waals surface area contributed by atoms with Crippen LogP contribution in [0.5, 0.6) is 0 Å². The van der Waals surface area contributed by atoms with Gasteiger partial charge in [0, 0.05) is 22.7 Å². The normalized spacial score (nSPS) is 12.5. The first-order valence-electron chi connectivity index (χ1n) is 5.10. The van der Waals surface area contributed by atoms with Gasteiger partial charge in [0.25, 0.3) is 5.91 Å². The molecule has 0 aliphatic rings. The molecule has 0 bridgehead atoms. The van der Waals surface area contributed by atoms with Crippen LogP contribution in [0.1, 0.15) is 24.2 Å². The number of nitrogens with one attached hydrogen (secondary N) is 2. The molecular formula is C11H15IN2O2. The van der Waals surface area contributed by atoms with E-state index in [0.29, 0.717) is 11.5 Å². The zero-order chi connectivity index (χ0) is 12.1. The Morgan fingerprint density at radius 3 is 2.62 bits per heavy atom. The quantitative estimate of drug-likeness (QED) is 0.649. The Labute approximate surface area is 108 Å². The Hall–Kier alpha value is -0.850. The van der Waals surface area contributed by atoms with Gasteiger partial charge in [-0.1, -0.05) is 36.4 Å². The first kappa shape index (κ1) is 13.2. The molecule has 0 fully saturated rings. The average molecular weight is 334 g/mol. The average Bonchev–Trinajstić information content (AvgIpc) is 2.26. The van der Waals surface area contributed by atoms with Crippen LogP contribution in [0.25, 0.3) is 0 Å². The number of rotatable bonds is 4. The van der Waals surface area contributed by atoms with Crippen molar-refractivity contribution in [3.8, 4) is 0 Å². The van der Waals surface area contributed by atoms with E-state index in [1.165, 1.54) is 18.3 Å². The van der Waals surface area contributed by atoms with Gasteiger partial charge in [-0.15, -0.1) is 0 Å². The van der Waals surface area contributed by atoms with Crippen LogP contribution in [0, 0.1) is 5.92 Å². The number of aromatic nitrogens is 1. The van der Waals surface area contributed by atoms with Crippen molar-refractivity contribution in [3.63, 3.8) is 0 Å². The summed E-state index contributed by atoms with van der Waals surface area (Å²) < 4.78 is 0.866. The first-order valence-corrected chi connectivity index (χ1v) is 6.62. The molecule has 0 aliphatic carbocycles. The van der Waals surface area contributed by atoms with Crippen molar-refractivity contribution >= 4 is 28.5 Å². The van der Waals surface area contributed by atoms with Gasteiger partial charge >= 0.3 is 0 Å². The molecule has 0 radical (unpaired) electrons. The van der Waals surface area contributed by atoms with Gasteiger partial charge in [-0.2, -0.15) is 0 Å². The lowest BCUT2D eigenvalue weighted by molar-refractivity contribution is 0.0932. The molecule has 5 heteroatoms. The van der Waals surface area contributed by atoms with Crippen LogP contribution in [-0.2, 0) is 0 Å². The van der Waals surface area contributed by atoms with Crippen molar-refractivity contribution in [2.75, 3.05) is 4.43 Å². The standard InChI is InChI=1S/C11H15IN2O2/c1-7(2)9(5-12)14-11(16)8-3-4-10(15)13-6-8/h3-4,6-7,9H,5H2,1-2H3,(H,13,15)(H,14,16). The highest BCUT2D eigenvalue weighted by Gasteiger charge is 2.15. The summed E-state index contributed by atoms with van der Waals surface area (Å²) in [6.07, 6.45) is 1.43. The monoisotopic (exact) mass is 334 g/mol. The van der Waals surface area contributed by atoms with E-state index in [2.05, 4.69) is 46.7 Å². The van der Waals surface area contributed by atoms with Crippen molar-refractivity contribution < 1.29 is 4.79 Å². The zero-order valence-corrected chi connectivity index (χ0v) is 11.4. The smallest absolute Gasteiger partial charge is 0.253 e. The number of halogens is 1. The van der Waals surface area contributed by atoms with E-state index in [0.717, 1.165) is 4.43 Å². The number of carbonyl (C=O) groups is 1. The molecule has 1 aromatic rings. The summed E-state index contributed by atoms with van der Waals surface area (Å²) >= 11 is 2.25. The minimum Gasteiger partial charge on any atom is -0.348 e. The molecule has 4 nitrogen and oxygen atoms in total. The van der Waals surface area contributed by atoms with E-state index >= 15 is 0 Å². The van der Waals surface area contributed by atoms with Crippen LogP contribution < -0.4 is 10.9 Å². The van der Waals surface area contributed by atoms with Gasteiger partial charge in [-0.3, -0.25) is 9.59 Å². The predicted octanol–water partition coefficient (Wildman–Crippen LogP) is 1.56. The lowest BCUT2D eigenvalue weighted by Crippen LogP contribution is -2.39. The largest absolute Gasteiger partial charge is 0.348 e. The number of hydrogen-bond donors (Lipinski definition) is 2. The van der Waals surface area contributed by atoms with E-state index < -0.39 is 0 Å². The Kier molecular flexibility index (Phi) is 4.98. The third-order valence-electron chi connectivity index (χ3n) is 2.33. The fourth-order valence-corrected chi connectivity index (χ4v) is 2.42. The zero-order valence-electron chi connectivity index (χ0n) is 9.29. The van der Waals surface area contributed by atoms with E-state index in [1.807, 2.05) is 0 Å². The van der Waals surface area contributed by atoms with Gasteiger partial charge in [0.15, 0.2) is 0 Å². The van der Waals surface area contributed by atoms with Crippen molar-refractivity contribution in [2.45, 2.75) is 19.9 Å². The van der Waals surface area contributed by atoms with Crippen LogP contribution in [0.3, 0.4) is 0 Å². The minimum atomic E-state index is -0.203. The van der Waals surface area contributed by atoms with Crippen molar-refractivity contribution in [3.05, 3.63) is 34.2 Å². The first-order chi connectivity index (χ1) is 7.54. The molecule has 0 saturated heterocycles. The van der Waals surface area contributed by atoms with E-state index in [4.69, 9.17) is 0 Å². The van der Waals surface area contributed by atoms with Crippen LogP contribution in [0.2, 0.25) is 0 Å². The van der Waals surface area contributed by atoms with Gasteiger partial charge in [-0.25, -0.2) is 0 Å². The van der Waals surface area contributed by atoms with Crippen molar-refractivity contribution in [1.29, 1.82) is 0 Å². The third kappa shape index (κ3) is 3.62. The molecule has 1 heterocycles. The number of hydrogen-bond acceptors (Lipinski definition) is 2. The topological polar surface area (TPSA) is 62.0 Å². The second-order valence-electron chi connectivity index (χ2n) is 3.92. The van der Waals surface area contributed by atoms with Crippen molar-refractivity contribution in [1.82, 2.24) is 10.3 Å². The highest BCUT2D eigenvalue weighted by molar-refractivity contribution is 14.1. The highest BCUT2D eigenvalue weighted by atomic mass is 127. The predicted molar refractivity (Wildman–Crippen MR) is 72.0 cm³/mol. The van der Waals surface area contributed by atoms with Crippen molar-refractivity contribution in [2.24, 2.45) is 5.92 Å². The number of alkyl halides is 1. The molecule has 88 valence electrons. The Morgan fingerprint density at radius 2 is 2.19 bits per heavy atom. The fraction of sp³-hybridized carbons (Fsp3) is 0.455. The molecule has 1 atom stereocenters. The molecule has 1 unspecified atom stereocenters. The molecule has 1 aromatic heterocycles. The summed E-state index contributed by atoms with van der Waals surface area (Å²) in [5, 5.41) is 2.93.